The lowest BCUT2D eigenvalue weighted by Gasteiger charge is -2.19. The van der Waals surface area contributed by atoms with Gasteiger partial charge in [-0.25, -0.2) is 9.69 Å². The van der Waals surface area contributed by atoms with Gasteiger partial charge in [0.05, 0.1) is 17.9 Å². The Labute approximate surface area is 134 Å². The van der Waals surface area contributed by atoms with Gasteiger partial charge in [0.2, 0.25) is 5.91 Å². The van der Waals surface area contributed by atoms with Crippen molar-refractivity contribution in [2.75, 3.05) is 29.9 Å². The molecule has 0 saturated carbocycles. The van der Waals surface area contributed by atoms with Crippen LogP contribution in [-0.4, -0.2) is 48.4 Å². The van der Waals surface area contributed by atoms with Crippen LogP contribution >= 0.6 is 0 Å². The van der Waals surface area contributed by atoms with E-state index in [4.69, 9.17) is 0 Å². The number of nitrogens with one attached hydrogen (secondary N) is 2. The standard InChI is InChI=1S/C16H20N4O3/c1-11-15(22)20(16(23)17-11)13-7-3-2-6-12(13)18-14(21)10-19-8-4-5-9-19/h2-3,6-7,11H,4-5,8-10H2,1H3,(H,17,23)(H,18,21). The molecule has 7 nitrogen and oxygen atoms in total. The van der Waals surface area contributed by atoms with Crippen molar-refractivity contribution in [3.05, 3.63) is 24.3 Å². The molecule has 2 fully saturated rings. The molecule has 2 N–H and O–H groups in total. The van der Waals surface area contributed by atoms with Gasteiger partial charge >= 0.3 is 6.03 Å². The summed E-state index contributed by atoms with van der Waals surface area (Å²) in [4.78, 5) is 39.5. The Morgan fingerprint density at radius 2 is 1.96 bits per heavy atom. The third-order valence-electron chi connectivity index (χ3n) is 4.12. The highest BCUT2D eigenvalue weighted by molar-refractivity contribution is 6.23. The van der Waals surface area contributed by atoms with Gasteiger partial charge in [-0.1, -0.05) is 12.1 Å². The number of carbonyl (C=O) groups is 3. The van der Waals surface area contributed by atoms with E-state index in [1.165, 1.54) is 0 Å². The van der Waals surface area contributed by atoms with Gasteiger partial charge in [-0.3, -0.25) is 14.5 Å². The molecule has 2 aliphatic heterocycles. The maximum absolute atomic E-state index is 12.2. The van der Waals surface area contributed by atoms with E-state index in [-0.39, 0.29) is 11.8 Å². The molecule has 3 rings (SSSR count). The summed E-state index contributed by atoms with van der Waals surface area (Å²) in [5, 5.41) is 5.39. The number of rotatable bonds is 4. The normalized spacial score (nSPS) is 21.6. The van der Waals surface area contributed by atoms with Crippen molar-refractivity contribution in [2.24, 2.45) is 0 Å². The molecule has 0 aliphatic carbocycles. The maximum Gasteiger partial charge on any atom is 0.329 e. The van der Waals surface area contributed by atoms with E-state index in [0.29, 0.717) is 17.9 Å². The summed E-state index contributed by atoms with van der Waals surface area (Å²) in [6.07, 6.45) is 2.23. The fourth-order valence-electron chi connectivity index (χ4n) is 2.94. The Bertz CT molecular complexity index is 640. The predicted octanol–water partition coefficient (Wildman–Crippen LogP) is 1.17. The van der Waals surface area contributed by atoms with Crippen molar-refractivity contribution in [3.63, 3.8) is 0 Å². The van der Waals surface area contributed by atoms with Crippen LogP contribution in [0.4, 0.5) is 16.2 Å². The number of hydrogen-bond acceptors (Lipinski definition) is 4. The van der Waals surface area contributed by atoms with E-state index in [2.05, 4.69) is 15.5 Å². The molecular formula is C16H20N4O3. The summed E-state index contributed by atoms with van der Waals surface area (Å²) >= 11 is 0. The van der Waals surface area contributed by atoms with Crippen molar-refractivity contribution < 1.29 is 14.4 Å². The highest BCUT2D eigenvalue weighted by Gasteiger charge is 2.37. The van der Waals surface area contributed by atoms with Gasteiger partial charge in [0.25, 0.3) is 5.91 Å². The number of anilines is 2. The number of benzene rings is 1. The molecule has 1 aromatic carbocycles. The number of urea groups is 1. The highest BCUT2D eigenvalue weighted by atomic mass is 16.2. The lowest BCUT2D eigenvalue weighted by Crippen LogP contribution is -2.34. The van der Waals surface area contributed by atoms with Crippen LogP contribution < -0.4 is 15.5 Å². The molecular weight excluding hydrogens is 296 g/mol. The van der Waals surface area contributed by atoms with Crippen LogP contribution in [0.25, 0.3) is 0 Å². The minimum Gasteiger partial charge on any atom is -0.326 e. The summed E-state index contributed by atoms with van der Waals surface area (Å²) in [7, 11) is 0. The van der Waals surface area contributed by atoms with Gasteiger partial charge in [-0.2, -0.15) is 0 Å². The first kappa shape index (κ1) is 15.5. The number of imide groups is 1. The number of carbonyl (C=O) groups excluding carboxylic acids is 3. The Morgan fingerprint density at radius 1 is 1.26 bits per heavy atom. The molecule has 7 heteroatoms. The Kier molecular flexibility index (Phi) is 4.29. The van der Waals surface area contributed by atoms with E-state index in [9.17, 15) is 14.4 Å². The molecule has 23 heavy (non-hydrogen) atoms. The molecule has 0 spiro atoms. The first-order chi connectivity index (χ1) is 11.1. The third kappa shape index (κ3) is 3.19. The van der Waals surface area contributed by atoms with Crippen molar-refractivity contribution in [1.82, 2.24) is 10.2 Å². The fourth-order valence-corrected chi connectivity index (χ4v) is 2.94. The first-order valence-corrected chi connectivity index (χ1v) is 7.82. The molecule has 0 aromatic heterocycles. The van der Waals surface area contributed by atoms with Gasteiger partial charge in [0.15, 0.2) is 0 Å². The SMILES string of the molecule is CC1NC(=O)N(c2ccccc2NC(=O)CN2CCCC2)C1=O. The number of nitrogens with zero attached hydrogens (tertiary/aromatic N) is 2. The second kappa shape index (κ2) is 6.37. The van der Waals surface area contributed by atoms with Crippen LogP contribution in [0.5, 0.6) is 0 Å². The monoisotopic (exact) mass is 316 g/mol. The average Bonchev–Trinajstić information content (AvgIpc) is 3.09. The number of likely N-dealkylation sites (tertiary alicyclic amines) is 1. The van der Waals surface area contributed by atoms with Crippen LogP contribution in [0.3, 0.4) is 0 Å². The fraction of sp³-hybridized carbons (Fsp3) is 0.438. The molecule has 2 heterocycles. The Hall–Kier alpha value is -2.41. The van der Waals surface area contributed by atoms with E-state index in [0.717, 1.165) is 30.8 Å². The number of para-hydroxylation sites is 2. The molecule has 122 valence electrons. The van der Waals surface area contributed by atoms with Gasteiger partial charge in [-0.05, 0) is 45.0 Å². The summed E-state index contributed by atoms with van der Waals surface area (Å²) < 4.78 is 0. The smallest absolute Gasteiger partial charge is 0.326 e. The number of amides is 4. The molecule has 0 radical (unpaired) electrons. The van der Waals surface area contributed by atoms with E-state index < -0.39 is 12.1 Å². The molecule has 0 bridgehead atoms. The summed E-state index contributed by atoms with van der Waals surface area (Å²) in [5.41, 5.74) is 0.864. The summed E-state index contributed by atoms with van der Waals surface area (Å²) in [6, 6.07) is 5.81. The quantitative estimate of drug-likeness (QED) is 0.817. The minimum absolute atomic E-state index is 0.139. The van der Waals surface area contributed by atoms with Crippen LogP contribution in [-0.2, 0) is 9.59 Å². The van der Waals surface area contributed by atoms with Gasteiger partial charge in [-0.15, -0.1) is 0 Å². The molecule has 2 aliphatic rings. The minimum atomic E-state index is -0.559. The zero-order chi connectivity index (χ0) is 16.4. The average molecular weight is 316 g/mol. The lowest BCUT2D eigenvalue weighted by atomic mass is 10.2. The largest absolute Gasteiger partial charge is 0.329 e. The predicted molar refractivity (Wildman–Crippen MR) is 86.2 cm³/mol. The topological polar surface area (TPSA) is 81.8 Å². The second-order valence-corrected chi connectivity index (χ2v) is 5.89. The van der Waals surface area contributed by atoms with Gasteiger partial charge in [0.1, 0.15) is 6.04 Å². The summed E-state index contributed by atoms with van der Waals surface area (Å²) in [5.74, 6) is -0.462. The van der Waals surface area contributed by atoms with Gasteiger partial charge < -0.3 is 10.6 Å². The van der Waals surface area contributed by atoms with Crippen molar-refractivity contribution in [1.29, 1.82) is 0 Å². The maximum atomic E-state index is 12.2. The molecule has 1 atom stereocenters. The van der Waals surface area contributed by atoms with Crippen molar-refractivity contribution in [2.45, 2.75) is 25.8 Å². The van der Waals surface area contributed by atoms with E-state index in [1.807, 2.05) is 0 Å². The lowest BCUT2D eigenvalue weighted by molar-refractivity contribution is -0.118. The Balaban J connectivity index is 1.76. The highest BCUT2D eigenvalue weighted by Crippen LogP contribution is 2.28. The van der Waals surface area contributed by atoms with Crippen LogP contribution in [0.15, 0.2) is 24.3 Å². The van der Waals surface area contributed by atoms with Crippen LogP contribution in [0, 0.1) is 0 Å². The first-order valence-electron chi connectivity index (χ1n) is 7.82. The Morgan fingerprint density at radius 3 is 2.61 bits per heavy atom. The van der Waals surface area contributed by atoms with Gasteiger partial charge in [0, 0.05) is 0 Å². The van der Waals surface area contributed by atoms with Crippen LogP contribution in [0.1, 0.15) is 19.8 Å². The second-order valence-electron chi connectivity index (χ2n) is 5.89. The zero-order valence-electron chi connectivity index (χ0n) is 13.0. The van der Waals surface area contributed by atoms with E-state index in [1.54, 1.807) is 31.2 Å². The van der Waals surface area contributed by atoms with E-state index >= 15 is 0 Å². The molecule has 1 unspecified atom stereocenters. The molecule has 1 aromatic rings. The zero-order valence-corrected chi connectivity index (χ0v) is 13.0. The molecule has 4 amide bonds. The molecule has 2 saturated heterocycles. The van der Waals surface area contributed by atoms with Crippen molar-refractivity contribution >= 4 is 29.2 Å². The van der Waals surface area contributed by atoms with Crippen molar-refractivity contribution in [3.8, 4) is 0 Å². The summed E-state index contributed by atoms with van der Waals surface area (Å²) in [6.45, 7) is 3.82. The number of hydrogen-bond donors (Lipinski definition) is 2. The van der Waals surface area contributed by atoms with Crippen LogP contribution in [0.2, 0.25) is 0 Å². The third-order valence-corrected chi connectivity index (χ3v) is 4.12.